The van der Waals surface area contributed by atoms with Crippen LogP contribution in [0, 0.1) is 5.92 Å². The van der Waals surface area contributed by atoms with Crippen molar-refractivity contribution in [2.24, 2.45) is 17.4 Å². The highest BCUT2D eigenvalue weighted by Gasteiger charge is 2.51. The summed E-state index contributed by atoms with van der Waals surface area (Å²) in [6, 6.07) is 0. The molecule has 190 valence electrons. The number of ether oxygens (including phenoxy) is 2. The zero-order chi connectivity index (χ0) is 22.0. The summed E-state index contributed by atoms with van der Waals surface area (Å²) >= 11 is 3.12. The third-order valence-electron chi connectivity index (χ3n) is 4.60. The lowest BCUT2D eigenvalue weighted by molar-refractivity contribution is -0.621. The van der Waals surface area contributed by atoms with Crippen molar-refractivity contribution >= 4 is 35.5 Å². The van der Waals surface area contributed by atoms with Gasteiger partial charge in [-0.25, -0.2) is 9.59 Å². The fourth-order valence-electron chi connectivity index (χ4n) is 2.49. The summed E-state index contributed by atoms with van der Waals surface area (Å²) in [7, 11) is 0. The second kappa shape index (κ2) is 18.2. The minimum absolute atomic E-state index is 0. The van der Waals surface area contributed by atoms with Crippen LogP contribution in [-0.2, 0) is 19.1 Å². The largest absolute Gasteiger partial charge is 1.00 e. The second-order valence-corrected chi connectivity index (χ2v) is 9.19. The van der Waals surface area contributed by atoms with E-state index in [1.165, 1.54) is 0 Å². The molecule has 0 aromatic carbocycles. The van der Waals surface area contributed by atoms with E-state index in [2.05, 4.69) is 17.2 Å². The molecule has 0 rings (SSSR count). The second-order valence-electron chi connectivity index (χ2n) is 7.29. The number of halogens is 3. The highest BCUT2D eigenvalue weighted by atomic mass is 79.9. The Morgan fingerprint density at radius 2 is 1.45 bits per heavy atom. The van der Waals surface area contributed by atoms with Crippen molar-refractivity contribution in [1.29, 1.82) is 0 Å². The Bertz CT molecular complexity index is 522. The first-order valence-electron chi connectivity index (χ1n) is 9.48. The number of hydrogen-bond acceptors (Lipinski definition) is 8. The van der Waals surface area contributed by atoms with Crippen LogP contribution in [0.25, 0.3) is 0 Å². The van der Waals surface area contributed by atoms with E-state index in [9.17, 15) is 9.59 Å². The van der Waals surface area contributed by atoms with Gasteiger partial charge in [-0.2, -0.15) is 23.5 Å². The first-order chi connectivity index (χ1) is 12.9. The summed E-state index contributed by atoms with van der Waals surface area (Å²) in [6.07, 6.45) is 6.50. The zero-order valence-corrected chi connectivity index (χ0v) is 25.3. The fourth-order valence-corrected chi connectivity index (χ4v) is 3.99. The van der Waals surface area contributed by atoms with E-state index < -0.39 is 29.2 Å². The highest BCUT2D eigenvalue weighted by molar-refractivity contribution is 7.98. The lowest BCUT2D eigenvalue weighted by Crippen LogP contribution is -3.00. The van der Waals surface area contributed by atoms with Crippen LogP contribution in [0.2, 0.25) is 0 Å². The van der Waals surface area contributed by atoms with E-state index in [0.29, 0.717) is 30.8 Å². The first-order valence-corrected chi connectivity index (χ1v) is 12.3. The van der Waals surface area contributed by atoms with Gasteiger partial charge in [-0.05, 0) is 25.4 Å². The molecular weight excluding hydrogens is 642 g/mol. The predicted molar refractivity (Wildman–Crippen MR) is 112 cm³/mol. The number of nitrogens with two attached hydrogens (primary N) is 2. The predicted octanol–water partition coefficient (Wildman–Crippen LogP) is -10.9. The molecule has 0 bridgehead atoms. The summed E-state index contributed by atoms with van der Waals surface area (Å²) < 4.78 is 11.0. The third-order valence-corrected chi connectivity index (χ3v) is 5.94. The normalized spacial score (nSPS) is 17.2. The number of carbonyl (C=O) groups is 2. The number of hydrogen-bond donors (Lipinski definition) is 5. The minimum atomic E-state index is -1.72. The summed E-state index contributed by atoms with van der Waals surface area (Å²) in [5.74, 6) is -2.11. The van der Waals surface area contributed by atoms with Crippen molar-refractivity contribution in [1.82, 2.24) is 0 Å². The van der Waals surface area contributed by atoms with Crippen molar-refractivity contribution in [3.05, 3.63) is 0 Å². The molecule has 14 heteroatoms. The van der Waals surface area contributed by atoms with E-state index in [-0.39, 0.29) is 63.3 Å². The van der Waals surface area contributed by atoms with Crippen LogP contribution in [0.1, 0.15) is 46.0 Å². The topological polar surface area (TPSA) is 188 Å². The average molecular weight is 682 g/mol. The smallest absolute Gasteiger partial charge is 0.403 e. The molecule has 0 aliphatic heterocycles. The summed E-state index contributed by atoms with van der Waals surface area (Å²) in [5, 5.41) is 0. The molecule has 13 N–H and O–H groups in total. The van der Waals surface area contributed by atoms with Crippen LogP contribution in [0.3, 0.4) is 0 Å². The molecule has 9 nitrogen and oxygen atoms in total. The van der Waals surface area contributed by atoms with Gasteiger partial charge in [-0.15, -0.1) is 0 Å². The zero-order valence-electron chi connectivity index (χ0n) is 18.9. The van der Waals surface area contributed by atoms with Gasteiger partial charge in [0.05, 0.1) is 6.42 Å². The molecule has 31 heavy (non-hydrogen) atoms. The van der Waals surface area contributed by atoms with Crippen molar-refractivity contribution in [2.75, 3.05) is 24.0 Å². The van der Waals surface area contributed by atoms with Crippen LogP contribution in [-0.4, -0.2) is 53.2 Å². The van der Waals surface area contributed by atoms with Crippen molar-refractivity contribution in [3.8, 4) is 0 Å². The molecule has 0 fully saturated rings. The fraction of sp³-hybridized carbons (Fsp3) is 0.882. The van der Waals surface area contributed by atoms with E-state index >= 15 is 0 Å². The molecule has 0 aliphatic carbocycles. The van der Waals surface area contributed by atoms with Crippen LogP contribution in [0.5, 0.6) is 0 Å². The average Bonchev–Trinajstić information content (AvgIpc) is 2.62. The summed E-state index contributed by atoms with van der Waals surface area (Å²) in [5.41, 5.74) is 20.8. The Morgan fingerprint density at radius 1 is 0.935 bits per heavy atom. The molecule has 0 heterocycles. The number of thioether (sulfide) groups is 2. The molecule has 0 radical (unpaired) electrons. The van der Waals surface area contributed by atoms with Gasteiger partial charge < -0.3 is 71.9 Å². The summed E-state index contributed by atoms with van der Waals surface area (Å²) in [4.78, 5) is 25.4. The standard InChI is InChI=1S/C17H37N5O4S2.3BrH/c1-5-7-8-16(20,25-13(23)15(18,19)9-10-27-3)26-14(24)17(21,22)12(6-2)11-28-4;;;/h12H,5-11,18-22H2,1-4H3;3*1H. The van der Waals surface area contributed by atoms with Crippen LogP contribution in [0.4, 0.5) is 0 Å². The van der Waals surface area contributed by atoms with Gasteiger partial charge >= 0.3 is 17.8 Å². The molecule has 0 aromatic rings. The first kappa shape index (κ1) is 39.1. The Kier molecular flexibility index (Phi) is 23.0. The molecule has 0 saturated carbocycles. The Hall–Kier alpha value is 0.880. The van der Waals surface area contributed by atoms with E-state index in [4.69, 9.17) is 20.9 Å². The summed E-state index contributed by atoms with van der Waals surface area (Å²) in [6.45, 7) is 3.91. The molecule has 4 atom stereocenters. The van der Waals surface area contributed by atoms with Crippen molar-refractivity contribution in [3.63, 3.8) is 0 Å². The van der Waals surface area contributed by atoms with Gasteiger partial charge in [0.15, 0.2) is 0 Å². The maximum atomic E-state index is 12.8. The molecule has 0 aliphatic rings. The van der Waals surface area contributed by atoms with Crippen molar-refractivity contribution in [2.45, 2.75) is 63.2 Å². The van der Waals surface area contributed by atoms with Gasteiger partial charge in [0.1, 0.15) is 0 Å². The van der Waals surface area contributed by atoms with Gasteiger partial charge in [0.2, 0.25) is 11.3 Å². The number of quaternary nitrogens is 3. The maximum Gasteiger partial charge on any atom is 0.403 e. The van der Waals surface area contributed by atoms with E-state index in [1.54, 1.807) is 23.5 Å². The van der Waals surface area contributed by atoms with Gasteiger partial charge in [0, 0.05) is 23.8 Å². The SMILES string of the molecule is CCCCC([NH3+])(OC(=O)C(N)([NH3+])CCSC)OC(=O)C(N)([NH3+])C(CC)CSC.[Br-].[Br-].[Br-]. The third kappa shape index (κ3) is 13.4. The van der Waals surface area contributed by atoms with Crippen molar-refractivity contribution < 1.29 is 87.2 Å². The minimum Gasteiger partial charge on any atom is -1.00 e. The molecule has 4 unspecified atom stereocenters. The monoisotopic (exact) mass is 679 g/mol. The number of unbranched alkanes of at least 4 members (excludes halogenated alkanes) is 1. The molecule has 0 aromatic heterocycles. The van der Waals surface area contributed by atoms with Gasteiger partial charge in [-0.3, -0.25) is 17.2 Å². The number of rotatable bonds is 14. The maximum absolute atomic E-state index is 12.8. The Morgan fingerprint density at radius 3 is 1.87 bits per heavy atom. The molecular formula is C17H40Br3N5O4S2. The quantitative estimate of drug-likeness (QED) is 0.0883. The van der Waals surface area contributed by atoms with Crippen LogP contribution in [0.15, 0.2) is 0 Å². The Balaban J connectivity index is -0.00000121. The van der Waals surface area contributed by atoms with Crippen LogP contribution >= 0.6 is 23.5 Å². The van der Waals surface area contributed by atoms with Gasteiger partial charge in [-0.1, -0.05) is 20.3 Å². The lowest BCUT2D eigenvalue weighted by Gasteiger charge is -2.32. The molecule has 0 saturated heterocycles. The number of esters is 2. The highest BCUT2D eigenvalue weighted by Crippen LogP contribution is 2.22. The molecule has 0 spiro atoms. The lowest BCUT2D eigenvalue weighted by atomic mass is 9.93. The molecule has 0 amide bonds. The Labute approximate surface area is 226 Å². The van der Waals surface area contributed by atoms with E-state index in [0.717, 1.165) is 6.42 Å². The van der Waals surface area contributed by atoms with Crippen LogP contribution < -0.4 is 79.6 Å². The van der Waals surface area contributed by atoms with Gasteiger partial charge in [0.25, 0.3) is 0 Å². The number of carbonyl (C=O) groups excluding carboxylic acids is 2. The van der Waals surface area contributed by atoms with E-state index in [1.807, 2.05) is 26.4 Å².